The fourth-order valence-corrected chi connectivity index (χ4v) is 2.06. The zero-order valence-electron chi connectivity index (χ0n) is 9.85. The average Bonchev–Trinajstić information content (AvgIpc) is 2.38. The van der Waals surface area contributed by atoms with Gasteiger partial charge in [0.2, 0.25) is 0 Å². The molecule has 0 saturated carbocycles. The van der Waals surface area contributed by atoms with Crippen molar-refractivity contribution in [2.45, 2.75) is 0 Å². The number of halogens is 1. The van der Waals surface area contributed by atoms with Gasteiger partial charge in [-0.2, -0.15) is 0 Å². The van der Waals surface area contributed by atoms with E-state index in [0.29, 0.717) is 16.6 Å². The van der Waals surface area contributed by atoms with Crippen molar-refractivity contribution >= 4 is 10.9 Å². The SMILES string of the molecule is O=c1cc(-c2ccc(O)cc2F)[nH]c2ccccc12. The molecule has 0 aliphatic rings. The second kappa shape index (κ2) is 4.24. The van der Waals surface area contributed by atoms with Crippen molar-refractivity contribution in [2.24, 2.45) is 0 Å². The first-order valence-corrected chi connectivity index (χ1v) is 5.76. The molecule has 4 heteroatoms. The fraction of sp³-hybridized carbons (Fsp3) is 0. The highest BCUT2D eigenvalue weighted by Crippen LogP contribution is 2.24. The quantitative estimate of drug-likeness (QED) is 0.702. The third-order valence-corrected chi connectivity index (χ3v) is 2.98. The maximum Gasteiger partial charge on any atom is 0.190 e. The summed E-state index contributed by atoms with van der Waals surface area (Å²) >= 11 is 0. The monoisotopic (exact) mass is 255 g/mol. The van der Waals surface area contributed by atoms with Crippen LogP contribution in [0.3, 0.4) is 0 Å². The van der Waals surface area contributed by atoms with Gasteiger partial charge in [0.1, 0.15) is 11.6 Å². The predicted octanol–water partition coefficient (Wildman–Crippen LogP) is 3.04. The topological polar surface area (TPSA) is 53.1 Å². The van der Waals surface area contributed by atoms with Crippen molar-refractivity contribution in [1.29, 1.82) is 0 Å². The van der Waals surface area contributed by atoms with Gasteiger partial charge in [-0.25, -0.2) is 4.39 Å². The highest BCUT2D eigenvalue weighted by atomic mass is 19.1. The summed E-state index contributed by atoms with van der Waals surface area (Å²) in [6.07, 6.45) is 0. The molecule has 0 unspecified atom stereocenters. The fourth-order valence-electron chi connectivity index (χ4n) is 2.06. The average molecular weight is 255 g/mol. The number of H-pyrrole nitrogens is 1. The van der Waals surface area contributed by atoms with Crippen molar-refractivity contribution in [3.8, 4) is 17.0 Å². The Morgan fingerprint density at radius 2 is 1.84 bits per heavy atom. The second-order valence-electron chi connectivity index (χ2n) is 4.26. The molecule has 1 aromatic heterocycles. The van der Waals surface area contributed by atoms with Crippen LogP contribution in [0.2, 0.25) is 0 Å². The minimum Gasteiger partial charge on any atom is -0.508 e. The molecule has 0 spiro atoms. The van der Waals surface area contributed by atoms with Gasteiger partial charge in [-0.1, -0.05) is 12.1 Å². The lowest BCUT2D eigenvalue weighted by Gasteiger charge is -2.06. The van der Waals surface area contributed by atoms with E-state index in [4.69, 9.17) is 0 Å². The molecule has 19 heavy (non-hydrogen) atoms. The summed E-state index contributed by atoms with van der Waals surface area (Å²) in [5, 5.41) is 9.76. The van der Waals surface area contributed by atoms with Crippen LogP contribution in [0.25, 0.3) is 22.2 Å². The van der Waals surface area contributed by atoms with E-state index in [1.165, 1.54) is 18.2 Å². The zero-order valence-corrected chi connectivity index (χ0v) is 9.85. The molecule has 94 valence electrons. The molecule has 3 rings (SSSR count). The first kappa shape index (κ1) is 11.5. The Balaban J connectivity index is 2.28. The molecular weight excluding hydrogens is 245 g/mol. The minimum absolute atomic E-state index is 0.149. The van der Waals surface area contributed by atoms with Crippen LogP contribution in [0.5, 0.6) is 5.75 Å². The first-order chi connectivity index (χ1) is 9.15. The van der Waals surface area contributed by atoms with Crippen LogP contribution in [-0.4, -0.2) is 10.1 Å². The van der Waals surface area contributed by atoms with Crippen LogP contribution >= 0.6 is 0 Å². The van der Waals surface area contributed by atoms with Crippen molar-refractivity contribution in [3.63, 3.8) is 0 Å². The Morgan fingerprint density at radius 3 is 2.63 bits per heavy atom. The van der Waals surface area contributed by atoms with E-state index in [0.717, 1.165) is 6.07 Å². The van der Waals surface area contributed by atoms with Gasteiger partial charge in [0.05, 0.1) is 5.69 Å². The number of phenolic OH excluding ortho intramolecular Hbond substituents is 1. The highest BCUT2D eigenvalue weighted by Gasteiger charge is 2.09. The summed E-state index contributed by atoms with van der Waals surface area (Å²) in [4.78, 5) is 15.0. The van der Waals surface area contributed by atoms with E-state index in [-0.39, 0.29) is 16.7 Å². The molecule has 0 bridgehead atoms. The zero-order chi connectivity index (χ0) is 13.4. The van der Waals surface area contributed by atoms with Gasteiger partial charge in [-0.05, 0) is 24.3 Å². The number of nitrogens with one attached hydrogen (secondary N) is 1. The molecule has 0 saturated heterocycles. The van der Waals surface area contributed by atoms with Crippen molar-refractivity contribution in [2.75, 3.05) is 0 Å². The molecular formula is C15H10FNO2. The molecule has 0 atom stereocenters. The lowest BCUT2D eigenvalue weighted by molar-refractivity contribution is 0.469. The Hall–Kier alpha value is -2.62. The van der Waals surface area contributed by atoms with Gasteiger partial charge < -0.3 is 10.1 Å². The van der Waals surface area contributed by atoms with Crippen molar-refractivity contribution in [1.82, 2.24) is 4.98 Å². The maximum atomic E-state index is 13.8. The molecule has 0 fully saturated rings. The Labute approximate surface area is 108 Å². The number of hydrogen-bond acceptors (Lipinski definition) is 2. The number of pyridine rings is 1. The normalized spacial score (nSPS) is 10.8. The summed E-state index contributed by atoms with van der Waals surface area (Å²) in [5.41, 5.74) is 1.12. The molecule has 0 aliphatic heterocycles. The lowest BCUT2D eigenvalue weighted by atomic mass is 10.1. The summed E-state index contributed by atoms with van der Waals surface area (Å²) in [6.45, 7) is 0. The lowest BCUT2D eigenvalue weighted by Crippen LogP contribution is -2.03. The molecule has 3 aromatic rings. The van der Waals surface area contributed by atoms with E-state index >= 15 is 0 Å². The van der Waals surface area contributed by atoms with E-state index in [9.17, 15) is 14.3 Å². The van der Waals surface area contributed by atoms with E-state index in [1.54, 1.807) is 24.3 Å². The van der Waals surface area contributed by atoms with E-state index in [1.807, 2.05) is 0 Å². The third kappa shape index (κ3) is 1.97. The minimum atomic E-state index is -0.578. The summed E-state index contributed by atoms with van der Waals surface area (Å²) in [5.74, 6) is -0.727. The van der Waals surface area contributed by atoms with Crippen molar-refractivity contribution in [3.05, 3.63) is 64.6 Å². The van der Waals surface area contributed by atoms with Gasteiger partial charge in [0, 0.05) is 28.6 Å². The molecule has 0 radical (unpaired) electrons. The van der Waals surface area contributed by atoms with Crippen LogP contribution in [0, 0.1) is 5.82 Å². The number of benzene rings is 2. The van der Waals surface area contributed by atoms with E-state index < -0.39 is 5.82 Å². The number of aromatic hydroxyl groups is 1. The van der Waals surface area contributed by atoms with Crippen LogP contribution in [0.15, 0.2) is 53.3 Å². The second-order valence-corrected chi connectivity index (χ2v) is 4.26. The molecule has 0 aliphatic carbocycles. The van der Waals surface area contributed by atoms with Gasteiger partial charge in [-0.3, -0.25) is 4.79 Å². The maximum absolute atomic E-state index is 13.8. The highest BCUT2D eigenvalue weighted by molar-refractivity contribution is 5.81. The van der Waals surface area contributed by atoms with Gasteiger partial charge in [0.15, 0.2) is 5.43 Å². The largest absolute Gasteiger partial charge is 0.508 e. The van der Waals surface area contributed by atoms with Crippen LogP contribution in [-0.2, 0) is 0 Å². The smallest absolute Gasteiger partial charge is 0.190 e. The third-order valence-electron chi connectivity index (χ3n) is 2.98. The number of rotatable bonds is 1. The summed E-state index contributed by atoms with van der Waals surface area (Å²) in [7, 11) is 0. The van der Waals surface area contributed by atoms with Gasteiger partial charge >= 0.3 is 0 Å². The van der Waals surface area contributed by atoms with Crippen LogP contribution in [0.1, 0.15) is 0 Å². The number of phenols is 1. The summed E-state index contributed by atoms with van der Waals surface area (Å²) in [6, 6.07) is 12.2. The summed E-state index contributed by atoms with van der Waals surface area (Å²) < 4.78 is 13.8. The van der Waals surface area contributed by atoms with Crippen LogP contribution < -0.4 is 5.43 Å². The first-order valence-electron chi connectivity index (χ1n) is 5.76. The molecule has 3 nitrogen and oxygen atoms in total. The van der Waals surface area contributed by atoms with E-state index in [2.05, 4.69) is 4.98 Å². The van der Waals surface area contributed by atoms with Crippen LogP contribution in [0.4, 0.5) is 4.39 Å². The Bertz CT molecular complexity index is 824. The number of hydrogen-bond donors (Lipinski definition) is 2. The molecule has 2 aromatic carbocycles. The number of aromatic nitrogens is 1. The number of para-hydroxylation sites is 1. The number of aromatic amines is 1. The molecule has 0 amide bonds. The molecule has 1 heterocycles. The predicted molar refractivity (Wildman–Crippen MR) is 71.6 cm³/mol. The Morgan fingerprint density at radius 1 is 1.05 bits per heavy atom. The number of fused-ring (bicyclic) bond motifs is 1. The molecule has 2 N–H and O–H groups in total. The standard InChI is InChI=1S/C15H10FNO2/c16-12-7-9(18)5-6-10(12)14-8-15(19)11-3-1-2-4-13(11)17-14/h1-8,18H,(H,17,19). The van der Waals surface area contributed by atoms with Gasteiger partial charge in [-0.15, -0.1) is 0 Å². The van der Waals surface area contributed by atoms with Crippen molar-refractivity contribution < 1.29 is 9.50 Å². The Kier molecular flexibility index (Phi) is 2.56. The van der Waals surface area contributed by atoms with Gasteiger partial charge in [0.25, 0.3) is 0 Å².